The monoisotopic (exact) mass is 214 g/mol. The molecule has 3 nitrogen and oxygen atoms in total. The second-order valence-corrected chi connectivity index (χ2v) is 4.48. The molecule has 0 saturated carbocycles. The fraction of sp³-hybridized carbons (Fsp3) is 0.917. The lowest BCUT2D eigenvalue weighted by molar-refractivity contribution is -0.129. The van der Waals surface area contributed by atoms with Gasteiger partial charge in [0.1, 0.15) is 0 Å². The normalized spacial score (nSPS) is 14.7. The molecule has 0 bridgehead atoms. The number of likely N-dealkylation sites (N-methyl/N-ethyl adjacent to an activating group) is 1. The number of hydrogen-bond acceptors (Lipinski definition) is 2. The Morgan fingerprint density at radius 3 is 2.33 bits per heavy atom. The number of carbonyl (C=O) groups is 1. The molecule has 0 saturated heterocycles. The summed E-state index contributed by atoms with van der Waals surface area (Å²) >= 11 is 0. The molecule has 0 aromatic carbocycles. The average molecular weight is 214 g/mol. The van der Waals surface area contributed by atoms with Gasteiger partial charge in [-0.1, -0.05) is 27.2 Å². The summed E-state index contributed by atoms with van der Waals surface area (Å²) in [5.74, 6) is 0.776. The first kappa shape index (κ1) is 14.4. The molecule has 0 aromatic rings. The summed E-state index contributed by atoms with van der Waals surface area (Å²) in [7, 11) is 1.88. The molecule has 0 fully saturated rings. The molecule has 0 aliphatic heterocycles. The van der Waals surface area contributed by atoms with Gasteiger partial charge in [0.05, 0.1) is 6.54 Å². The molecule has 1 amide bonds. The Morgan fingerprint density at radius 2 is 1.87 bits per heavy atom. The van der Waals surface area contributed by atoms with Gasteiger partial charge in [0, 0.05) is 19.6 Å². The third kappa shape index (κ3) is 6.50. The predicted octanol–water partition coefficient (Wildman–Crippen LogP) is 1.88. The SMILES string of the molecule is CCC(C)CN(C)C(=O)CNC(C)CC. The average Bonchev–Trinajstić information content (AvgIpc) is 2.24. The van der Waals surface area contributed by atoms with Gasteiger partial charge < -0.3 is 10.2 Å². The Hall–Kier alpha value is -0.570. The summed E-state index contributed by atoms with van der Waals surface area (Å²) in [6, 6.07) is 0.422. The van der Waals surface area contributed by atoms with Gasteiger partial charge in [0.2, 0.25) is 5.91 Å². The van der Waals surface area contributed by atoms with E-state index < -0.39 is 0 Å². The molecule has 0 heterocycles. The molecule has 0 rings (SSSR count). The van der Waals surface area contributed by atoms with Crippen LogP contribution in [0.3, 0.4) is 0 Å². The topological polar surface area (TPSA) is 32.3 Å². The van der Waals surface area contributed by atoms with E-state index in [9.17, 15) is 4.79 Å². The summed E-state index contributed by atoms with van der Waals surface area (Å²) in [6.07, 6.45) is 2.18. The minimum atomic E-state index is 0.190. The molecule has 2 atom stereocenters. The summed E-state index contributed by atoms with van der Waals surface area (Å²) in [5.41, 5.74) is 0. The van der Waals surface area contributed by atoms with E-state index >= 15 is 0 Å². The summed E-state index contributed by atoms with van der Waals surface area (Å²) in [5, 5.41) is 3.21. The van der Waals surface area contributed by atoms with Crippen LogP contribution in [0.1, 0.15) is 40.5 Å². The Morgan fingerprint density at radius 1 is 1.27 bits per heavy atom. The first-order chi connectivity index (χ1) is 7.01. The number of nitrogens with one attached hydrogen (secondary N) is 1. The Bertz CT molecular complexity index is 182. The van der Waals surface area contributed by atoms with E-state index in [2.05, 4.69) is 33.0 Å². The molecular weight excluding hydrogens is 188 g/mol. The van der Waals surface area contributed by atoms with Crippen LogP contribution in [0, 0.1) is 5.92 Å². The molecule has 1 N–H and O–H groups in total. The second kappa shape index (κ2) is 7.69. The highest BCUT2D eigenvalue weighted by Gasteiger charge is 2.11. The van der Waals surface area contributed by atoms with Gasteiger partial charge in [-0.15, -0.1) is 0 Å². The highest BCUT2D eigenvalue weighted by Crippen LogP contribution is 2.02. The maximum absolute atomic E-state index is 11.7. The fourth-order valence-electron chi connectivity index (χ4n) is 1.24. The first-order valence-electron chi connectivity index (χ1n) is 5.98. The van der Waals surface area contributed by atoms with E-state index in [0.717, 1.165) is 19.4 Å². The summed E-state index contributed by atoms with van der Waals surface area (Å²) in [6.45, 7) is 9.86. The number of rotatable bonds is 7. The van der Waals surface area contributed by atoms with Crippen molar-refractivity contribution in [3.8, 4) is 0 Å². The van der Waals surface area contributed by atoms with Gasteiger partial charge in [-0.05, 0) is 19.3 Å². The standard InChI is InChI=1S/C12H26N2O/c1-6-10(3)9-14(5)12(15)8-13-11(4)7-2/h10-11,13H,6-9H2,1-5H3. The van der Waals surface area contributed by atoms with Crippen molar-refractivity contribution in [3.05, 3.63) is 0 Å². The van der Waals surface area contributed by atoms with Crippen LogP contribution in [-0.4, -0.2) is 37.0 Å². The van der Waals surface area contributed by atoms with Crippen LogP contribution in [0.15, 0.2) is 0 Å². The number of nitrogens with zero attached hydrogens (tertiary/aromatic N) is 1. The first-order valence-corrected chi connectivity index (χ1v) is 5.98. The minimum Gasteiger partial charge on any atom is -0.344 e. The van der Waals surface area contributed by atoms with Gasteiger partial charge in [0.15, 0.2) is 0 Å². The minimum absolute atomic E-state index is 0.190. The van der Waals surface area contributed by atoms with E-state index in [4.69, 9.17) is 0 Å². The lowest BCUT2D eigenvalue weighted by Gasteiger charge is -2.22. The summed E-state index contributed by atoms with van der Waals surface area (Å²) < 4.78 is 0. The van der Waals surface area contributed by atoms with E-state index in [0.29, 0.717) is 18.5 Å². The zero-order valence-corrected chi connectivity index (χ0v) is 10.8. The quantitative estimate of drug-likeness (QED) is 0.702. The van der Waals surface area contributed by atoms with Crippen molar-refractivity contribution in [1.82, 2.24) is 10.2 Å². The van der Waals surface area contributed by atoms with Crippen molar-refractivity contribution >= 4 is 5.91 Å². The molecule has 0 aromatic heterocycles. The summed E-state index contributed by atoms with van der Waals surface area (Å²) in [4.78, 5) is 13.5. The van der Waals surface area contributed by atoms with Crippen molar-refractivity contribution in [2.24, 2.45) is 5.92 Å². The van der Waals surface area contributed by atoms with Gasteiger partial charge in [-0.3, -0.25) is 4.79 Å². The molecule has 90 valence electrons. The number of carbonyl (C=O) groups excluding carboxylic acids is 1. The van der Waals surface area contributed by atoms with Crippen molar-refractivity contribution in [2.45, 2.75) is 46.6 Å². The fourth-order valence-corrected chi connectivity index (χ4v) is 1.24. The van der Waals surface area contributed by atoms with Crippen molar-refractivity contribution in [1.29, 1.82) is 0 Å². The van der Waals surface area contributed by atoms with E-state index in [1.54, 1.807) is 0 Å². The van der Waals surface area contributed by atoms with Gasteiger partial charge in [0.25, 0.3) is 0 Å². The Labute approximate surface area is 94.2 Å². The highest BCUT2D eigenvalue weighted by atomic mass is 16.2. The third-order valence-electron chi connectivity index (χ3n) is 2.92. The molecule has 15 heavy (non-hydrogen) atoms. The van der Waals surface area contributed by atoms with Crippen LogP contribution in [0.5, 0.6) is 0 Å². The zero-order chi connectivity index (χ0) is 11.8. The number of hydrogen-bond donors (Lipinski definition) is 1. The van der Waals surface area contributed by atoms with Crippen LogP contribution in [-0.2, 0) is 4.79 Å². The number of amides is 1. The third-order valence-corrected chi connectivity index (χ3v) is 2.92. The lowest BCUT2D eigenvalue weighted by atomic mass is 10.1. The van der Waals surface area contributed by atoms with Crippen LogP contribution in [0.4, 0.5) is 0 Å². The van der Waals surface area contributed by atoms with Gasteiger partial charge in [-0.2, -0.15) is 0 Å². The van der Waals surface area contributed by atoms with E-state index in [1.807, 2.05) is 11.9 Å². The van der Waals surface area contributed by atoms with E-state index in [1.165, 1.54) is 0 Å². The van der Waals surface area contributed by atoms with Crippen molar-refractivity contribution in [2.75, 3.05) is 20.1 Å². The van der Waals surface area contributed by atoms with Crippen LogP contribution >= 0.6 is 0 Å². The lowest BCUT2D eigenvalue weighted by Crippen LogP contribution is -2.40. The van der Waals surface area contributed by atoms with Crippen LogP contribution in [0.25, 0.3) is 0 Å². The predicted molar refractivity (Wildman–Crippen MR) is 64.8 cm³/mol. The molecule has 0 radical (unpaired) electrons. The second-order valence-electron chi connectivity index (χ2n) is 4.48. The molecule has 3 heteroatoms. The maximum atomic E-state index is 11.7. The highest BCUT2D eigenvalue weighted by molar-refractivity contribution is 5.77. The van der Waals surface area contributed by atoms with Crippen molar-refractivity contribution < 1.29 is 4.79 Å². The van der Waals surface area contributed by atoms with Crippen molar-refractivity contribution in [3.63, 3.8) is 0 Å². The molecule has 0 aliphatic rings. The maximum Gasteiger partial charge on any atom is 0.236 e. The van der Waals surface area contributed by atoms with Crippen LogP contribution in [0.2, 0.25) is 0 Å². The van der Waals surface area contributed by atoms with E-state index in [-0.39, 0.29) is 5.91 Å². The van der Waals surface area contributed by atoms with Gasteiger partial charge >= 0.3 is 0 Å². The van der Waals surface area contributed by atoms with Gasteiger partial charge in [-0.25, -0.2) is 0 Å². The smallest absolute Gasteiger partial charge is 0.236 e. The Balaban J connectivity index is 3.79. The molecule has 2 unspecified atom stereocenters. The molecule has 0 spiro atoms. The molecule has 0 aliphatic carbocycles. The molecular formula is C12H26N2O. The zero-order valence-electron chi connectivity index (χ0n) is 10.8. The Kier molecular flexibility index (Phi) is 7.39. The van der Waals surface area contributed by atoms with Crippen LogP contribution < -0.4 is 5.32 Å². The largest absolute Gasteiger partial charge is 0.344 e.